The lowest BCUT2D eigenvalue weighted by Gasteiger charge is -2.32. The van der Waals surface area contributed by atoms with E-state index in [1.165, 1.54) is 44.9 Å². The summed E-state index contributed by atoms with van der Waals surface area (Å²) >= 11 is 0. The minimum Gasteiger partial charge on any atom is -0.125 e. The van der Waals surface area contributed by atoms with E-state index in [0.29, 0.717) is 5.41 Å². The maximum Gasteiger partial charge on any atom is 0.00192 e. The summed E-state index contributed by atoms with van der Waals surface area (Å²) in [6.07, 6.45) is 11.9. The molecule has 0 aromatic heterocycles. The standard InChI is InChI=1S/C12H18/c1-2-8-12(9-3-4-10-12)11-6-5-7-11/h5H,2-4,6,8-10H2,1H3. The zero-order chi connectivity index (χ0) is 8.44. The van der Waals surface area contributed by atoms with Gasteiger partial charge in [-0.25, -0.2) is 0 Å². The van der Waals surface area contributed by atoms with E-state index < -0.39 is 0 Å². The molecule has 0 atom stereocenters. The van der Waals surface area contributed by atoms with E-state index in [4.69, 9.17) is 0 Å². The Morgan fingerprint density at radius 1 is 1.42 bits per heavy atom. The lowest BCUT2D eigenvalue weighted by Crippen LogP contribution is -2.20. The predicted molar refractivity (Wildman–Crippen MR) is 52.0 cm³/mol. The van der Waals surface area contributed by atoms with Crippen LogP contribution < -0.4 is 0 Å². The second-order valence-corrected chi connectivity index (χ2v) is 4.27. The van der Waals surface area contributed by atoms with Crippen molar-refractivity contribution in [2.45, 2.75) is 51.9 Å². The van der Waals surface area contributed by atoms with Gasteiger partial charge < -0.3 is 0 Å². The van der Waals surface area contributed by atoms with Crippen molar-refractivity contribution in [3.8, 4) is 0 Å². The number of rotatable bonds is 3. The maximum absolute atomic E-state index is 3.40. The Labute approximate surface area is 75.4 Å². The molecular formula is C12H18. The van der Waals surface area contributed by atoms with E-state index in [2.05, 4.69) is 18.7 Å². The predicted octanol–water partition coefficient (Wildman–Crippen LogP) is 3.83. The van der Waals surface area contributed by atoms with Crippen molar-refractivity contribution < 1.29 is 0 Å². The molecule has 0 heterocycles. The lowest BCUT2D eigenvalue weighted by molar-refractivity contribution is 0.325. The van der Waals surface area contributed by atoms with Gasteiger partial charge >= 0.3 is 0 Å². The molecular weight excluding hydrogens is 144 g/mol. The number of hydrogen-bond donors (Lipinski definition) is 0. The molecule has 0 amide bonds. The summed E-state index contributed by atoms with van der Waals surface area (Å²) in [5, 5.41) is 0. The van der Waals surface area contributed by atoms with E-state index in [1.807, 2.05) is 0 Å². The molecule has 0 unspecified atom stereocenters. The van der Waals surface area contributed by atoms with Gasteiger partial charge in [0.05, 0.1) is 0 Å². The fraction of sp³-hybridized carbons (Fsp3) is 0.750. The van der Waals surface area contributed by atoms with Crippen molar-refractivity contribution in [3.05, 3.63) is 17.4 Å². The first-order valence-electron chi connectivity index (χ1n) is 5.32. The van der Waals surface area contributed by atoms with Crippen LogP contribution in [0.3, 0.4) is 0 Å². The van der Waals surface area contributed by atoms with Crippen LogP contribution in [0.1, 0.15) is 51.9 Å². The summed E-state index contributed by atoms with van der Waals surface area (Å²) in [6, 6.07) is 0. The molecule has 0 radical (unpaired) electrons. The summed E-state index contributed by atoms with van der Waals surface area (Å²) in [5.74, 6) is 0. The highest BCUT2D eigenvalue weighted by atomic mass is 14.4. The highest BCUT2D eigenvalue weighted by Crippen LogP contribution is 2.49. The molecule has 0 aromatic carbocycles. The van der Waals surface area contributed by atoms with Gasteiger partial charge in [0.15, 0.2) is 0 Å². The highest BCUT2D eigenvalue weighted by molar-refractivity contribution is 5.25. The first-order chi connectivity index (χ1) is 5.87. The molecule has 1 saturated carbocycles. The monoisotopic (exact) mass is 162 g/mol. The Balaban J connectivity index is 2.15. The normalized spacial score (nSPS) is 25.2. The molecule has 0 N–H and O–H groups in total. The Kier molecular flexibility index (Phi) is 2.11. The fourth-order valence-corrected chi connectivity index (χ4v) is 2.81. The summed E-state index contributed by atoms with van der Waals surface area (Å²) < 4.78 is 0. The van der Waals surface area contributed by atoms with Crippen molar-refractivity contribution in [1.29, 1.82) is 0 Å². The van der Waals surface area contributed by atoms with Gasteiger partial charge in [0.1, 0.15) is 0 Å². The molecule has 0 saturated heterocycles. The molecule has 0 aromatic rings. The highest BCUT2D eigenvalue weighted by Gasteiger charge is 2.37. The van der Waals surface area contributed by atoms with Gasteiger partial charge in [0, 0.05) is 6.42 Å². The Morgan fingerprint density at radius 2 is 2.08 bits per heavy atom. The molecule has 0 heteroatoms. The molecule has 2 aliphatic rings. The second-order valence-electron chi connectivity index (χ2n) is 4.27. The smallest absolute Gasteiger partial charge is 0.00192 e. The topological polar surface area (TPSA) is 0 Å². The molecule has 2 rings (SSSR count). The summed E-state index contributed by atoms with van der Waals surface area (Å²) in [5.41, 5.74) is 5.66. The van der Waals surface area contributed by atoms with Crippen LogP contribution in [0.25, 0.3) is 0 Å². The molecule has 66 valence electrons. The van der Waals surface area contributed by atoms with Crippen molar-refractivity contribution >= 4 is 0 Å². The van der Waals surface area contributed by atoms with Gasteiger partial charge in [-0.15, -0.1) is 5.73 Å². The fourth-order valence-electron chi connectivity index (χ4n) is 2.81. The molecule has 0 bridgehead atoms. The third kappa shape index (κ3) is 1.15. The van der Waals surface area contributed by atoms with E-state index >= 15 is 0 Å². The SMILES string of the molecule is CCCC1(C2=C=CC2)CCCC1. The van der Waals surface area contributed by atoms with Crippen molar-refractivity contribution in [3.63, 3.8) is 0 Å². The zero-order valence-electron chi connectivity index (χ0n) is 8.03. The van der Waals surface area contributed by atoms with Gasteiger partial charge in [-0.2, -0.15) is 0 Å². The minimum atomic E-state index is 0.615. The van der Waals surface area contributed by atoms with Crippen LogP contribution in [0.5, 0.6) is 0 Å². The minimum absolute atomic E-state index is 0.615. The Morgan fingerprint density at radius 3 is 2.50 bits per heavy atom. The third-order valence-electron chi connectivity index (χ3n) is 3.51. The van der Waals surface area contributed by atoms with Gasteiger partial charge in [0.25, 0.3) is 0 Å². The van der Waals surface area contributed by atoms with Crippen molar-refractivity contribution in [2.24, 2.45) is 5.41 Å². The second kappa shape index (κ2) is 3.11. The van der Waals surface area contributed by atoms with Crippen molar-refractivity contribution in [1.82, 2.24) is 0 Å². The number of hydrogen-bond acceptors (Lipinski definition) is 0. The van der Waals surface area contributed by atoms with Gasteiger partial charge in [-0.05, 0) is 36.3 Å². The molecule has 0 aliphatic heterocycles. The van der Waals surface area contributed by atoms with Gasteiger partial charge in [-0.3, -0.25) is 0 Å². The first kappa shape index (κ1) is 8.13. The van der Waals surface area contributed by atoms with Crippen LogP contribution in [-0.2, 0) is 0 Å². The maximum atomic E-state index is 3.40. The van der Waals surface area contributed by atoms with E-state index in [0.717, 1.165) is 0 Å². The van der Waals surface area contributed by atoms with Gasteiger partial charge in [-0.1, -0.05) is 26.2 Å². The average Bonchev–Trinajstić information content (AvgIpc) is 2.34. The van der Waals surface area contributed by atoms with Gasteiger partial charge in [0.2, 0.25) is 0 Å². The third-order valence-corrected chi connectivity index (χ3v) is 3.51. The molecule has 2 aliphatic carbocycles. The lowest BCUT2D eigenvalue weighted by atomic mass is 9.72. The molecule has 0 spiro atoms. The summed E-state index contributed by atoms with van der Waals surface area (Å²) in [7, 11) is 0. The number of allylic oxidation sites excluding steroid dienone is 1. The van der Waals surface area contributed by atoms with Crippen LogP contribution in [0.4, 0.5) is 0 Å². The van der Waals surface area contributed by atoms with E-state index in [1.54, 1.807) is 5.57 Å². The average molecular weight is 162 g/mol. The van der Waals surface area contributed by atoms with Crippen LogP contribution >= 0.6 is 0 Å². The van der Waals surface area contributed by atoms with Crippen LogP contribution in [0.2, 0.25) is 0 Å². The summed E-state index contributed by atoms with van der Waals surface area (Å²) in [6.45, 7) is 2.31. The van der Waals surface area contributed by atoms with Crippen LogP contribution in [0, 0.1) is 5.41 Å². The van der Waals surface area contributed by atoms with Crippen LogP contribution in [-0.4, -0.2) is 0 Å². The van der Waals surface area contributed by atoms with Crippen LogP contribution in [0.15, 0.2) is 17.4 Å². The quantitative estimate of drug-likeness (QED) is 0.553. The first-order valence-corrected chi connectivity index (χ1v) is 5.32. The molecule has 1 fully saturated rings. The zero-order valence-corrected chi connectivity index (χ0v) is 8.03. The Bertz CT molecular complexity index is 222. The largest absolute Gasteiger partial charge is 0.125 e. The Hall–Kier alpha value is -0.480. The molecule has 0 nitrogen and oxygen atoms in total. The summed E-state index contributed by atoms with van der Waals surface area (Å²) in [4.78, 5) is 0. The van der Waals surface area contributed by atoms with E-state index in [9.17, 15) is 0 Å². The molecule has 12 heavy (non-hydrogen) atoms. The van der Waals surface area contributed by atoms with E-state index in [-0.39, 0.29) is 0 Å². The van der Waals surface area contributed by atoms with Crippen molar-refractivity contribution in [2.75, 3.05) is 0 Å².